The lowest BCUT2D eigenvalue weighted by Gasteiger charge is -2.28. The molecule has 0 bridgehead atoms. The summed E-state index contributed by atoms with van der Waals surface area (Å²) in [4.78, 5) is 25.5. The lowest BCUT2D eigenvalue weighted by atomic mass is 10.1. The second-order valence-corrected chi connectivity index (χ2v) is 5.97. The van der Waals surface area contributed by atoms with Crippen LogP contribution in [0.1, 0.15) is 24.8 Å². The van der Waals surface area contributed by atoms with E-state index in [9.17, 15) is 9.59 Å². The molecule has 2 rings (SSSR count). The Hall–Kier alpha value is -2.08. The number of piperidine rings is 1. The first-order valence-electron chi connectivity index (χ1n) is 8.59. The van der Waals surface area contributed by atoms with Gasteiger partial charge in [0.25, 0.3) is 0 Å². The van der Waals surface area contributed by atoms with Crippen molar-refractivity contribution in [1.29, 1.82) is 0 Å². The number of amides is 2. The van der Waals surface area contributed by atoms with Gasteiger partial charge in [-0.1, -0.05) is 12.1 Å². The molecule has 24 heavy (non-hydrogen) atoms. The number of carbonyl (C=O) groups is 2. The van der Waals surface area contributed by atoms with Crippen LogP contribution in [-0.2, 0) is 20.7 Å². The molecule has 132 valence electrons. The molecule has 2 N–H and O–H groups in total. The van der Waals surface area contributed by atoms with Gasteiger partial charge in [-0.15, -0.1) is 0 Å². The second kappa shape index (κ2) is 9.93. The minimum atomic E-state index is -0.618. The van der Waals surface area contributed by atoms with E-state index in [0.29, 0.717) is 26.1 Å². The van der Waals surface area contributed by atoms with E-state index in [2.05, 4.69) is 39.8 Å². The quantitative estimate of drug-likeness (QED) is 0.579. The molecule has 0 unspecified atom stereocenters. The third-order valence-electron chi connectivity index (χ3n) is 4.15. The summed E-state index contributed by atoms with van der Waals surface area (Å²) < 4.78 is 4.81. The van der Waals surface area contributed by atoms with Crippen molar-refractivity contribution < 1.29 is 14.3 Å². The molecular formula is C18H27N3O3. The molecular weight excluding hydrogens is 306 g/mol. The van der Waals surface area contributed by atoms with Crippen LogP contribution in [0.5, 0.6) is 0 Å². The van der Waals surface area contributed by atoms with Crippen molar-refractivity contribution in [2.24, 2.45) is 0 Å². The molecule has 0 aliphatic carbocycles. The van der Waals surface area contributed by atoms with Gasteiger partial charge in [0.2, 0.25) is 0 Å². The summed E-state index contributed by atoms with van der Waals surface area (Å²) in [5.74, 6) is -1.22. The summed E-state index contributed by atoms with van der Waals surface area (Å²) in [6, 6.07) is 8.46. The third kappa shape index (κ3) is 5.85. The van der Waals surface area contributed by atoms with Crippen molar-refractivity contribution in [2.75, 3.05) is 44.8 Å². The fourth-order valence-corrected chi connectivity index (χ4v) is 2.77. The van der Waals surface area contributed by atoms with Crippen LogP contribution in [0.25, 0.3) is 0 Å². The van der Waals surface area contributed by atoms with Crippen LogP contribution in [0, 0.1) is 0 Å². The van der Waals surface area contributed by atoms with Gasteiger partial charge in [0.15, 0.2) is 0 Å². The standard InChI is InChI=1S/C18H27N3O3/c1-24-14-11-20-18(23)17(22)19-10-9-15-5-7-16(8-6-15)21-12-3-2-4-13-21/h5-8H,2-4,9-14H2,1H3,(H,19,22)(H,20,23). The van der Waals surface area contributed by atoms with E-state index in [0.717, 1.165) is 18.7 Å². The van der Waals surface area contributed by atoms with Crippen LogP contribution in [0.4, 0.5) is 5.69 Å². The number of rotatable bonds is 7. The van der Waals surface area contributed by atoms with Gasteiger partial charge >= 0.3 is 11.8 Å². The molecule has 1 heterocycles. The first-order chi connectivity index (χ1) is 11.7. The molecule has 6 nitrogen and oxygen atoms in total. The average molecular weight is 333 g/mol. The van der Waals surface area contributed by atoms with Crippen LogP contribution in [0.2, 0.25) is 0 Å². The van der Waals surface area contributed by atoms with Crippen molar-refractivity contribution in [2.45, 2.75) is 25.7 Å². The summed E-state index contributed by atoms with van der Waals surface area (Å²) >= 11 is 0. The van der Waals surface area contributed by atoms with Crippen LogP contribution >= 0.6 is 0 Å². The minimum Gasteiger partial charge on any atom is -0.383 e. The highest BCUT2D eigenvalue weighted by molar-refractivity contribution is 6.35. The zero-order valence-electron chi connectivity index (χ0n) is 14.3. The largest absolute Gasteiger partial charge is 0.383 e. The van der Waals surface area contributed by atoms with Gasteiger partial charge in [-0.25, -0.2) is 0 Å². The maximum atomic E-state index is 11.6. The molecule has 1 fully saturated rings. The van der Waals surface area contributed by atoms with Gasteiger partial charge in [-0.05, 0) is 43.4 Å². The van der Waals surface area contributed by atoms with Crippen LogP contribution in [0.3, 0.4) is 0 Å². The normalized spacial score (nSPS) is 14.3. The highest BCUT2D eigenvalue weighted by atomic mass is 16.5. The number of nitrogens with one attached hydrogen (secondary N) is 2. The van der Waals surface area contributed by atoms with E-state index < -0.39 is 11.8 Å². The Kier molecular flexibility index (Phi) is 7.55. The Balaban J connectivity index is 1.70. The number of methoxy groups -OCH3 is 1. The van der Waals surface area contributed by atoms with Gasteiger partial charge < -0.3 is 20.3 Å². The zero-order valence-corrected chi connectivity index (χ0v) is 14.3. The molecule has 1 aromatic rings. The summed E-state index contributed by atoms with van der Waals surface area (Å²) in [5.41, 5.74) is 2.41. The Morgan fingerprint density at radius 2 is 1.62 bits per heavy atom. The molecule has 0 aromatic heterocycles. The average Bonchev–Trinajstić information content (AvgIpc) is 2.63. The zero-order chi connectivity index (χ0) is 17.2. The van der Waals surface area contributed by atoms with Gasteiger partial charge in [0, 0.05) is 39.0 Å². The summed E-state index contributed by atoms with van der Waals surface area (Å²) in [5, 5.41) is 5.13. The lowest BCUT2D eigenvalue weighted by Crippen LogP contribution is -2.41. The number of carbonyl (C=O) groups excluding carboxylic acids is 2. The smallest absolute Gasteiger partial charge is 0.309 e. The maximum absolute atomic E-state index is 11.6. The van der Waals surface area contributed by atoms with Crippen molar-refractivity contribution in [1.82, 2.24) is 10.6 Å². The topological polar surface area (TPSA) is 70.7 Å². The number of anilines is 1. The van der Waals surface area contributed by atoms with E-state index in [1.54, 1.807) is 7.11 Å². The fraction of sp³-hybridized carbons (Fsp3) is 0.556. The monoisotopic (exact) mass is 333 g/mol. The Bertz CT molecular complexity index is 525. The number of ether oxygens (including phenoxy) is 1. The van der Waals surface area contributed by atoms with Crippen molar-refractivity contribution >= 4 is 17.5 Å². The lowest BCUT2D eigenvalue weighted by molar-refractivity contribution is -0.139. The van der Waals surface area contributed by atoms with Gasteiger partial charge in [0.05, 0.1) is 6.61 Å². The van der Waals surface area contributed by atoms with Crippen molar-refractivity contribution in [3.05, 3.63) is 29.8 Å². The third-order valence-corrected chi connectivity index (χ3v) is 4.15. The molecule has 1 aliphatic heterocycles. The highest BCUT2D eigenvalue weighted by Gasteiger charge is 2.12. The molecule has 1 aliphatic rings. The van der Waals surface area contributed by atoms with Crippen LogP contribution in [0.15, 0.2) is 24.3 Å². The number of hydrogen-bond acceptors (Lipinski definition) is 4. The Morgan fingerprint density at radius 3 is 2.25 bits per heavy atom. The molecule has 1 saturated heterocycles. The first-order valence-corrected chi connectivity index (χ1v) is 8.59. The molecule has 0 radical (unpaired) electrons. The van der Waals surface area contributed by atoms with E-state index in [1.165, 1.54) is 24.9 Å². The van der Waals surface area contributed by atoms with Crippen LogP contribution < -0.4 is 15.5 Å². The van der Waals surface area contributed by atoms with Gasteiger partial charge in [0.1, 0.15) is 0 Å². The molecule has 0 atom stereocenters. The van der Waals surface area contributed by atoms with E-state index in [4.69, 9.17) is 4.74 Å². The van der Waals surface area contributed by atoms with Gasteiger partial charge in [-0.3, -0.25) is 9.59 Å². The fourth-order valence-electron chi connectivity index (χ4n) is 2.77. The van der Waals surface area contributed by atoms with Gasteiger partial charge in [-0.2, -0.15) is 0 Å². The summed E-state index contributed by atoms with van der Waals surface area (Å²) in [6.45, 7) is 3.43. The summed E-state index contributed by atoms with van der Waals surface area (Å²) in [7, 11) is 1.54. The van der Waals surface area contributed by atoms with E-state index in [-0.39, 0.29) is 0 Å². The highest BCUT2D eigenvalue weighted by Crippen LogP contribution is 2.20. The predicted octanol–water partition coefficient (Wildman–Crippen LogP) is 1.10. The maximum Gasteiger partial charge on any atom is 0.309 e. The second-order valence-electron chi connectivity index (χ2n) is 5.97. The number of hydrogen-bond donors (Lipinski definition) is 2. The SMILES string of the molecule is COCCNC(=O)C(=O)NCCc1ccc(N2CCCCC2)cc1. The Labute approximate surface area is 143 Å². The molecule has 0 spiro atoms. The predicted molar refractivity (Wildman–Crippen MR) is 94.1 cm³/mol. The summed E-state index contributed by atoms with van der Waals surface area (Å²) in [6.07, 6.45) is 4.56. The van der Waals surface area contributed by atoms with E-state index in [1.807, 2.05) is 0 Å². The number of benzene rings is 1. The van der Waals surface area contributed by atoms with E-state index >= 15 is 0 Å². The van der Waals surface area contributed by atoms with Crippen molar-refractivity contribution in [3.63, 3.8) is 0 Å². The molecule has 6 heteroatoms. The molecule has 1 aromatic carbocycles. The Morgan fingerprint density at radius 1 is 1.00 bits per heavy atom. The first kappa shape index (κ1) is 18.3. The number of nitrogens with zero attached hydrogens (tertiary/aromatic N) is 1. The van der Waals surface area contributed by atoms with Crippen molar-refractivity contribution in [3.8, 4) is 0 Å². The van der Waals surface area contributed by atoms with Crippen LogP contribution in [-0.4, -0.2) is 51.7 Å². The molecule has 2 amide bonds. The molecule has 0 saturated carbocycles. The minimum absolute atomic E-state index is 0.334.